The molecule has 2 aliphatic heterocycles. The van der Waals surface area contributed by atoms with Crippen LogP contribution in [0.5, 0.6) is 0 Å². The van der Waals surface area contributed by atoms with Crippen LogP contribution in [0.15, 0.2) is 0 Å². The first kappa shape index (κ1) is 20.9. The van der Waals surface area contributed by atoms with E-state index in [-0.39, 0.29) is 5.92 Å². The predicted octanol–water partition coefficient (Wildman–Crippen LogP) is -3.69. The smallest absolute Gasteiger partial charge is 0.187 e. The average molecular weight is 368 g/mol. The molecule has 2 aliphatic rings. The molecule has 2 fully saturated rings. The molecule has 2 saturated heterocycles. The monoisotopic (exact) mass is 368 g/mol. The van der Waals surface area contributed by atoms with E-state index < -0.39 is 74.4 Å². The van der Waals surface area contributed by atoms with Gasteiger partial charge >= 0.3 is 0 Å². The summed E-state index contributed by atoms with van der Waals surface area (Å²) in [4.78, 5) is 0. The SMILES string of the molecule is CC(C)C1OC(CO)C(OC2OC(CO)C(O)C(O)C2O)C(O)C1O. The van der Waals surface area contributed by atoms with E-state index in [1.807, 2.05) is 0 Å². The van der Waals surface area contributed by atoms with Gasteiger partial charge in [0.05, 0.1) is 19.3 Å². The van der Waals surface area contributed by atoms with Crippen molar-refractivity contribution in [2.24, 2.45) is 5.92 Å². The molecular formula is C15H28O10. The van der Waals surface area contributed by atoms with Crippen molar-refractivity contribution in [3.8, 4) is 0 Å². The van der Waals surface area contributed by atoms with Crippen LogP contribution in [0.25, 0.3) is 0 Å². The Labute approximate surface area is 145 Å². The first-order valence-corrected chi connectivity index (χ1v) is 8.31. The highest BCUT2D eigenvalue weighted by atomic mass is 16.7. The molecule has 0 aromatic rings. The largest absolute Gasteiger partial charge is 0.394 e. The van der Waals surface area contributed by atoms with E-state index in [1.165, 1.54) is 0 Å². The van der Waals surface area contributed by atoms with Gasteiger partial charge in [0.1, 0.15) is 48.8 Å². The number of aliphatic hydroxyl groups excluding tert-OH is 7. The standard InChI is InChI=1S/C15H28O10/c1-5(2)13-10(20)11(21)14(7(4-17)23-13)25-15-12(22)9(19)8(18)6(3-16)24-15/h5-22H,3-4H2,1-2H3. The zero-order valence-corrected chi connectivity index (χ0v) is 14.1. The Morgan fingerprint density at radius 3 is 1.88 bits per heavy atom. The van der Waals surface area contributed by atoms with Crippen LogP contribution < -0.4 is 0 Å². The molecule has 0 spiro atoms. The third kappa shape index (κ3) is 4.14. The maximum Gasteiger partial charge on any atom is 0.187 e. The zero-order valence-electron chi connectivity index (χ0n) is 14.1. The second-order valence-corrected chi connectivity index (χ2v) is 6.84. The molecule has 2 heterocycles. The van der Waals surface area contributed by atoms with Crippen molar-refractivity contribution in [2.75, 3.05) is 13.2 Å². The Kier molecular flexibility index (Phi) is 7.13. The van der Waals surface area contributed by atoms with E-state index in [1.54, 1.807) is 13.8 Å². The molecule has 0 bridgehead atoms. The number of aliphatic hydroxyl groups is 7. The molecule has 10 unspecified atom stereocenters. The van der Waals surface area contributed by atoms with Crippen molar-refractivity contribution >= 4 is 0 Å². The van der Waals surface area contributed by atoms with Crippen LogP contribution in [0.3, 0.4) is 0 Å². The van der Waals surface area contributed by atoms with Crippen molar-refractivity contribution in [3.63, 3.8) is 0 Å². The maximum atomic E-state index is 10.4. The first-order valence-electron chi connectivity index (χ1n) is 8.31. The molecule has 0 aliphatic carbocycles. The van der Waals surface area contributed by atoms with Crippen LogP contribution in [0, 0.1) is 5.92 Å². The normalized spacial score (nSPS) is 48.7. The van der Waals surface area contributed by atoms with Gasteiger partial charge in [-0.2, -0.15) is 0 Å². The van der Waals surface area contributed by atoms with Gasteiger partial charge in [-0.25, -0.2) is 0 Å². The van der Waals surface area contributed by atoms with E-state index in [4.69, 9.17) is 14.2 Å². The van der Waals surface area contributed by atoms with Crippen molar-refractivity contribution in [2.45, 2.75) is 75.1 Å². The fourth-order valence-electron chi connectivity index (χ4n) is 3.17. The molecule has 10 atom stereocenters. The summed E-state index contributed by atoms with van der Waals surface area (Å²) < 4.78 is 16.3. The summed E-state index contributed by atoms with van der Waals surface area (Å²) in [5, 5.41) is 68.8. The van der Waals surface area contributed by atoms with E-state index >= 15 is 0 Å². The van der Waals surface area contributed by atoms with Crippen LogP contribution in [0.4, 0.5) is 0 Å². The third-order valence-corrected chi connectivity index (χ3v) is 4.70. The molecule has 7 N–H and O–H groups in total. The highest BCUT2D eigenvalue weighted by molar-refractivity contribution is 4.96. The van der Waals surface area contributed by atoms with Crippen LogP contribution >= 0.6 is 0 Å². The molecular weight excluding hydrogens is 340 g/mol. The topological polar surface area (TPSA) is 169 Å². The lowest BCUT2D eigenvalue weighted by molar-refractivity contribution is -0.343. The van der Waals surface area contributed by atoms with Gasteiger partial charge in [-0.15, -0.1) is 0 Å². The number of rotatable bonds is 5. The summed E-state index contributed by atoms with van der Waals surface area (Å²) in [6, 6.07) is 0. The minimum Gasteiger partial charge on any atom is -0.394 e. The van der Waals surface area contributed by atoms with Crippen molar-refractivity contribution < 1.29 is 50.0 Å². The molecule has 10 nitrogen and oxygen atoms in total. The van der Waals surface area contributed by atoms with Crippen LogP contribution in [-0.4, -0.2) is 110 Å². The predicted molar refractivity (Wildman–Crippen MR) is 81.2 cm³/mol. The minimum atomic E-state index is -1.66. The van der Waals surface area contributed by atoms with Crippen molar-refractivity contribution in [1.82, 2.24) is 0 Å². The Morgan fingerprint density at radius 1 is 0.760 bits per heavy atom. The molecule has 10 heteroatoms. The number of ether oxygens (including phenoxy) is 3. The van der Waals surface area contributed by atoms with Crippen molar-refractivity contribution in [1.29, 1.82) is 0 Å². The molecule has 0 radical (unpaired) electrons. The lowest BCUT2D eigenvalue weighted by Gasteiger charge is -2.47. The molecule has 2 rings (SSSR count). The summed E-state index contributed by atoms with van der Waals surface area (Å²) in [6.07, 6.45) is -13.2. The Bertz CT molecular complexity index is 417. The van der Waals surface area contributed by atoms with E-state index in [9.17, 15) is 35.7 Å². The molecule has 0 aromatic heterocycles. The maximum absolute atomic E-state index is 10.4. The van der Waals surface area contributed by atoms with Gasteiger partial charge in [0.25, 0.3) is 0 Å². The van der Waals surface area contributed by atoms with Gasteiger partial charge in [-0.05, 0) is 5.92 Å². The second-order valence-electron chi connectivity index (χ2n) is 6.84. The summed E-state index contributed by atoms with van der Waals surface area (Å²) in [5.41, 5.74) is 0. The van der Waals surface area contributed by atoms with Gasteiger partial charge in [0.15, 0.2) is 6.29 Å². The number of hydrogen-bond donors (Lipinski definition) is 7. The summed E-state index contributed by atoms with van der Waals surface area (Å²) in [6.45, 7) is 2.42. The average Bonchev–Trinajstić information content (AvgIpc) is 2.58. The van der Waals surface area contributed by atoms with Crippen LogP contribution in [0.2, 0.25) is 0 Å². The van der Waals surface area contributed by atoms with Crippen LogP contribution in [-0.2, 0) is 14.2 Å². The van der Waals surface area contributed by atoms with Crippen molar-refractivity contribution in [3.05, 3.63) is 0 Å². The Balaban J connectivity index is 2.14. The van der Waals surface area contributed by atoms with Gasteiger partial charge in [0.2, 0.25) is 0 Å². The molecule has 0 amide bonds. The number of hydrogen-bond acceptors (Lipinski definition) is 10. The third-order valence-electron chi connectivity index (χ3n) is 4.70. The molecule has 25 heavy (non-hydrogen) atoms. The summed E-state index contributed by atoms with van der Waals surface area (Å²) in [5.74, 6) is -0.132. The fourth-order valence-corrected chi connectivity index (χ4v) is 3.17. The quantitative estimate of drug-likeness (QED) is 0.256. The lowest BCUT2D eigenvalue weighted by atomic mass is 9.89. The highest BCUT2D eigenvalue weighted by Crippen LogP contribution is 2.31. The van der Waals surface area contributed by atoms with Gasteiger partial charge < -0.3 is 50.0 Å². The molecule has 0 aromatic carbocycles. The zero-order chi connectivity index (χ0) is 18.9. The minimum absolute atomic E-state index is 0.132. The Morgan fingerprint density at radius 2 is 1.36 bits per heavy atom. The summed E-state index contributed by atoms with van der Waals surface area (Å²) in [7, 11) is 0. The molecule has 0 saturated carbocycles. The summed E-state index contributed by atoms with van der Waals surface area (Å²) >= 11 is 0. The first-order chi connectivity index (χ1) is 11.7. The van der Waals surface area contributed by atoms with E-state index in [0.717, 1.165) is 0 Å². The van der Waals surface area contributed by atoms with Crippen LogP contribution in [0.1, 0.15) is 13.8 Å². The molecule has 148 valence electrons. The Hall–Kier alpha value is -0.400. The highest BCUT2D eigenvalue weighted by Gasteiger charge is 2.50. The van der Waals surface area contributed by atoms with Gasteiger partial charge in [-0.3, -0.25) is 0 Å². The fraction of sp³-hybridized carbons (Fsp3) is 1.00. The van der Waals surface area contributed by atoms with E-state index in [2.05, 4.69) is 0 Å². The van der Waals surface area contributed by atoms with Gasteiger partial charge in [-0.1, -0.05) is 13.8 Å². The van der Waals surface area contributed by atoms with Gasteiger partial charge in [0, 0.05) is 0 Å². The second kappa shape index (κ2) is 8.53. The van der Waals surface area contributed by atoms with E-state index in [0.29, 0.717) is 0 Å². The lowest BCUT2D eigenvalue weighted by Crippen LogP contribution is -2.65.